The summed E-state index contributed by atoms with van der Waals surface area (Å²) in [5.41, 5.74) is 0. The standard InChI is InChI=1S/C11H16N2O2/c1-13-6-5-12-11(13)10(14)8-9-4-2-3-7-15-9/h5-6,9H,2-4,7-8H2,1H3. The van der Waals surface area contributed by atoms with Gasteiger partial charge in [0.25, 0.3) is 0 Å². The quantitative estimate of drug-likeness (QED) is 0.708. The second kappa shape index (κ2) is 4.57. The average Bonchev–Trinajstić information content (AvgIpc) is 2.66. The predicted molar refractivity (Wildman–Crippen MR) is 55.7 cm³/mol. The summed E-state index contributed by atoms with van der Waals surface area (Å²) in [7, 11) is 1.84. The van der Waals surface area contributed by atoms with Gasteiger partial charge in [0.2, 0.25) is 5.78 Å². The van der Waals surface area contributed by atoms with E-state index in [0.717, 1.165) is 19.4 Å². The van der Waals surface area contributed by atoms with E-state index in [0.29, 0.717) is 12.2 Å². The van der Waals surface area contributed by atoms with Gasteiger partial charge in [-0.2, -0.15) is 0 Å². The predicted octanol–water partition coefficient (Wildman–Crippen LogP) is 1.56. The van der Waals surface area contributed by atoms with E-state index in [-0.39, 0.29) is 11.9 Å². The highest BCUT2D eigenvalue weighted by Gasteiger charge is 2.20. The minimum Gasteiger partial charge on any atom is -0.378 e. The zero-order valence-electron chi connectivity index (χ0n) is 8.98. The molecule has 4 heteroatoms. The van der Waals surface area contributed by atoms with E-state index < -0.39 is 0 Å². The van der Waals surface area contributed by atoms with Crippen molar-refractivity contribution in [2.45, 2.75) is 31.8 Å². The highest BCUT2D eigenvalue weighted by molar-refractivity contribution is 5.93. The highest BCUT2D eigenvalue weighted by Crippen LogP contribution is 2.17. The number of nitrogens with zero attached hydrogens (tertiary/aromatic N) is 2. The molecule has 1 aromatic rings. The Bertz CT molecular complexity index is 340. The van der Waals surface area contributed by atoms with Crippen LogP contribution in [0, 0.1) is 0 Å². The van der Waals surface area contributed by atoms with Crippen molar-refractivity contribution in [1.82, 2.24) is 9.55 Å². The van der Waals surface area contributed by atoms with Crippen LogP contribution in [0.25, 0.3) is 0 Å². The fourth-order valence-electron chi connectivity index (χ4n) is 1.90. The summed E-state index contributed by atoms with van der Waals surface area (Å²) in [5, 5.41) is 0. The molecule has 0 spiro atoms. The van der Waals surface area contributed by atoms with Crippen LogP contribution in [0.1, 0.15) is 36.3 Å². The van der Waals surface area contributed by atoms with Crippen molar-refractivity contribution in [3.63, 3.8) is 0 Å². The van der Waals surface area contributed by atoms with Crippen LogP contribution in [0.4, 0.5) is 0 Å². The Labute approximate surface area is 89.3 Å². The topological polar surface area (TPSA) is 44.1 Å². The Balaban J connectivity index is 1.94. The van der Waals surface area contributed by atoms with Crippen LogP contribution in [0.2, 0.25) is 0 Å². The molecule has 1 aromatic heterocycles. The number of hydrogen-bond acceptors (Lipinski definition) is 3. The van der Waals surface area contributed by atoms with Gasteiger partial charge < -0.3 is 9.30 Å². The largest absolute Gasteiger partial charge is 0.378 e. The molecule has 2 rings (SSSR count). The lowest BCUT2D eigenvalue weighted by Crippen LogP contribution is -2.23. The first-order chi connectivity index (χ1) is 7.27. The third-order valence-corrected chi connectivity index (χ3v) is 2.76. The molecule has 0 amide bonds. The van der Waals surface area contributed by atoms with Crippen molar-refractivity contribution in [2.24, 2.45) is 7.05 Å². The maximum absolute atomic E-state index is 11.8. The lowest BCUT2D eigenvalue weighted by molar-refractivity contribution is 0.0126. The molecule has 1 fully saturated rings. The first kappa shape index (κ1) is 10.4. The van der Waals surface area contributed by atoms with Gasteiger partial charge in [0, 0.05) is 32.5 Å². The number of aryl methyl sites for hydroxylation is 1. The Morgan fingerprint density at radius 2 is 2.53 bits per heavy atom. The molecular weight excluding hydrogens is 192 g/mol. The summed E-state index contributed by atoms with van der Waals surface area (Å²) < 4.78 is 7.28. The molecule has 4 nitrogen and oxygen atoms in total. The second-order valence-electron chi connectivity index (χ2n) is 3.98. The smallest absolute Gasteiger partial charge is 0.200 e. The number of rotatable bonds is 3. The molecule has 1 unspecified atom stereocenters. The normalized spacial score (nSPS) is 21.5. The van der Waals surface area contributed by atoms with Crippen LogP contribution in [-0.2, 0) is 11.8 Å². The van der Waals surface area contributed by atoms with E-state index in [1.54, 1.807) is 17.0 Å². The minimum absolute atomic E-state index is 0.0781. The van der Waals surface area contributed by atoms with Crippen molar-refractivity contribution in [2.75, 3.05) is 6.61 Å². The molecule has 15 heavy (non-hydrogen) atoms. The summed E-state index contributed by atoms with van der Waals surface area (Å²) in [6.07, 6.45) is 7.28. The maximum atomic E-state index is 11.8. The Morgan fingerprint density at radius 3 is 3.13 bits per heavy atom. The van der Waals surface area contributed by atoms with E-state index in [1.165, 1.54) is 6.42 Å². The number of imidazole rings is 1. The average molecular weight is 208 g/mol. The van der Waals surface area contributed by atoms with Gasteiger partial charge in [-0.1, -0.05) is 0 Å². The number of Topliss-reactive ketones (excluding diaryl/α,β-unsaturated/α-hetero) is 1. The molecule has 0 N–H and O–H groups in total. The molecular formula is C11H16N2O2. The lowest BCUT2D eigenvalue weighted by atomic mass is 10.0. The van der Waals surface area contributed by atoms with E-state index in [2.05, 4.69) is 4.98 Å². The SMILES string of the molecule is Cn1ccnc1C(=O)CC1CCCCO1. The van der Waals surface area contributed by atoms with E-state index >= 15 is 0 Å². The van der Waals surface area contributed by atoms with E-state index in [9.17, 15) is 4.79 Å². The van der Waals surface area contributed by atoms with Gasteiger partial charge in [0.15, 0.2) is 5.82 Å². The third kappa shape index (κ3) is 2.45. The van der Waals surface area contributed by atoms with Crippen molar-refractivity contribution >= 4 is 5.78 Å². The fourth-order valence-corrected chi connectivity index (χ4v) is 1.90. The summed E-state index contributed by atoms with van der Waals surface area (Å²) in [4.78, 5) is 15.9. The summed E-state index contributed by atoms with van der Waals surface area (Å²) in [5.74, 6) is 0.610. The van der Waals surface area contributed by atoms with Crippen LogP contribution in [0.3, 0.4) is 0 Å². The summed E-state index contributed by atoms with van der Waals surface area (Å²) in [6, 6.07) is 0. The van der Waals surface area contributed by atoms with Crippen molar-refractivity contribution in [3.8, 4) is 0 Å². The highest BCUT2D eigenvalue weighted by atomic mass is 16.5. The molecule has 1 aliphatic heterocycles. The van der Waals surface area contributed by atoms with E-state index in [1.807, 2.05) is 7.05 Å². The molecule has 1 aliphatic rings. The van der Waals surface area contributed by atoms with Crippen LogP contribution < -0.4 is 0 Å². The van der Waals surface area contributed by atoms with Crippen molar-refractivity contribution in [1.29, 1.82) is 0 Å². The number of ether oxygens (including phenoxy) is 1. The number of hydrogen-bond donors (Lipinski definition) is 0. The van der Waals surface area contributed by atoms with Gasteiger partial charge in [0.05, 0.1) is 6.10 Å². The maximum Gasteiger partial charge on any atom is 0.200 e. The van der Waals surface area contributed by atoms with Gasteiger partial charge in [0.1, 0.15) is 0 Å². The molecule has 82 valence electrons. The van der Waals surface area contributed by atoms with Crippen LogP contribution in [0.5, 0.6) is 0 Å². The van der Waals surface area contributed by atoms with Gasteiger partial charge in [-0.05, 0) is 19.3 Å². The molecule has 0 saturated carbocycles. The lowest BCUT2D eigenvalue weighted by Gasteiger charge is -2.21. The Morgan fingerprint density at radius 1 is 1.67 bits per heavy atom. The zero-order chi connectivity index (χ0) is 10.7. The monoisotopic (exact) mass is 208 g/mol. The van der Waals surface area contributed by atoms with Gasteiger partial charge in [-0.15, -0.1) is 0 Å². The Kier molecular flexibility index (Phi) is 3.16. The molecule has 1 atom stereocenters. The summed E-state index contributed by atoms with van der Waals surface area (Å²) >= 11 is 0. The number of carbonyl (C=O) groups is 1. The number of aromatic nitrogens is 2. The molecule has 0 bridgehead atoms. The number of ketones is 1. The molecule has 0 radical (unpaired) electrons. The molecule has 0 aromatic carbocycles. The zero-order valence-corrected chi connectivity index (χ0v) is 8.98. The van der Waals surface area contributed by atoms with Crippen molar-refractivity contribution in [3.05, 3.63) is 18.2 Å². The fraction of sp³-hybridized carbons (Fsp3) is 0.636. The van der Waals surface area contributed by atoms with Gasteiger partial charge >= 0.3 is 0 Å². The number of carbonyl (C=O) groups excluding carboxylic acids is 1. The second-order valence-corrected chi connectivity index (χ2v) is 3.98. The van der Waals surface area contributed by atoms with Crippen molar-refractivity contribution < 1.29 is 9.53 Å². The molecule has 0 aliphatic carbocycles. The van der Waals surface area contributed by atoms with Crippen LogP contribution in [-0.4, -0.2) is 28.0 Å². The van der Waals surface area contributed by atoms with E-state index in [4.69, 9.17) is 4.74 Å². The first-order valence-corrected chi connectivity index (χ1v) is 5.39. The summed E-state index contributed by atoms with van der Waals surface area (Å²) in [6.45, 7) is 0.790. The minimum atomic E-state index is 0.0781. The van der Waals surface area contributed by atoms with Gasteiger partial charge in [-0.3, -0.25) is 4.79 Å². The van der Waals surface area contributed by atoms with Crippen LogP contribution >= 0.6 is 0 Å². The molecule has 1 saturated heterocycles. The van der Waals surface area contributed by atoms with Gasteiger partial charge in [-0.25, -0.2) is 4.98 Å². The third-order valence-electron chi connectivity index (χ3n) is 2.76. The van der Waals surface area contributed by atoms with Crippen LogP contribution in [0.15, 0.2) is 12.4 Å². The first-order valence-electron chi connectivity index (χ1n) is 5.39. The Hall–Kier alpha value is -1.16. The molecule has 2 heterocycles.